The van der Waals surface area contributed by atoms with E-state index >= 15 is 0 Å². The van der Waals surface area contributed by atoms with Gasteiger partial charge in [0.05, 0.1) is 18.4 Å². The van der Waals surface area contributed by atoms with Crippen LogP contribution in [0.25, 0.3) is 0 Å². The predicted molar refractivity (Wildman–Crippen MR) is 67.4 cm³/mol. The summed E-state index contributed by atoms with van der Waals surface area (Å²) in [4.78, 5) is 11.8. The predicted octanol–water partition coefficient (Wildman–Crippen LogP) is 1.49. The van der Waals surface area contributed by atoms with Gasteiger partial charge in [0, 0.05) is 11.9 Å². The quantitative estimate of drug-likeness (QED) is 0.849. The second kappa shape index (κ2) is 6.20. The average molecular weight is 263 g/mol. The minimum absolute atomic E-state index is 0. The zero-order valence-electron chi connectivity index (χ0n) is 8.93. The molecule has 2 atom stereocenters. The van der Waals surface area contributed by atoms with Gasteiger partial charge in [-0.25, -0.2) is 0 Å². The van der Waals surface area contributed by atoms with Crippen LogP contribution in [0.3, 0.4) is 0 Å². The summed E-state index contributed by atoms with van der Waals surface area (Å²) in [7, 11) is 0. The Morgan fingerprint density at radius 1 is 1.69 bits per heavy atom. The summed E-state index contributed by atoms with van der Waals surface area (Å²) < 4.78 is 5.41. The second-order valence-electron chi connectivity index (χ2n) is 3.51. The maximum Gasteiger partial charge on any atom is 0.244 e. The van der Waals surface area contributed by atoms with E-state index in [2.05, 4.69) is 10.6 Å². The number of hydrogen-bond acceptors (Lipinski definition) is 4. The van der Waals surface area contributed by atoms with Gasteiger partial charge in [-0.15, -0.1) is 12.4 Å². The van der Waals surface area contributed by atoms with Crippen LogP contribution < -0.4 is 10.6 Å². The van der Waals surface area contributed by atoms with Crippen LogP contribution in [-0.2, 0) is 9.53 Å². The van der Waals surface area contributed by atoms with Crippen molar-refractivity contribution in [2.45, 2.75) is 19.1 Å². The van der Waals surface area contributed by atoms with Crippen LogP contribution >= 0.6 is 23.7 Å². The number of nitrogens with one attached hydrogen (secondary N) is 2. The maximum atomic E-state index is 11.8. The first-order valence-corrected chi connectivity index (χ1v) is 5.89. The first kappa shape index (κ1) is 13.4. The fourth-order valence-corrected chi connectivity index (χ4v) is 2.17. The highest BCUT2D eigenvalue weighted by atomic mass is 35.5. The summed E-state index contributed by atoms with van der Waals surface area (Å²) in [5.74, 6) is -0.0272. The van der Waals surface area contributed by atoms with Gasteiger partial charge < -0.3 is 15.4 Å². The van der Waals surface area contributed by atoms with Gasteiger partial charge in [0.15, 0.2) is 0 Å². The third-order valence-corrected chi connectivity index (χ3v) is 3.07. The number of carbonyl (C=O) groups is 1. The second-order valence-corrected chi connectivity index (χ2v) is 4.29. The molecule has 0 unspecified atom stereocenters. The Morgan fingerprint density at radius 3 is 3.12 bits per heavy atom. The minimum atomic E-state index is -0.251. The zero-order chi connectivity index (χ0) is 10.7. The Bertz CT molecular complexity index is 332. The number of carbonyl (C=O) groups excluding carboxylic acids is 1. The highest BCUT2D eigenvalue weighted by Gasteiger charge is 2.28. The Labute approximate surface area is 105 Å². The minimum Gasteiger partial charge on any atom is -0.375 e. The van der Waals surface area contributed by atoms with Gasteiger partial charge in [-0.1, -0.05) is 0 Å². The molecular formula is C10H15ClN2O2S. The summed E-state index contributed by atoms with van der Waals surface area (Å²) in [6.07, 6.45) is -0.0719. The van der Waals surface area contributed by atoms with Crippen LogP contribution in [0.2, 0.25) is 0 Å². The molecule has 2 rings (SSSR count). The smallest absolute Gasteiger partial charge is 0.244 e. The monoisotopic (exact) mass is 262 g/mol. The van der Waals surface area contributed by atoms with E-state index in [4.69, 9.17) is 4.74 Å². The van der Waals surface area contributed by atoms with Crippen molar-refractivity contribution in [3.63, 3.8) is 0 Å². The van der Waals surface area contributed by atoms with Crippen molar-refractivity contribution in [3.05, 3.63) is 16.8 Å². The molecule has 4 nitrogen and oxygen atoms in total. The van der Waals surface area contributed by atoms with Gasteiger partial charge in [0.25, 0.3) is 0 Å². The molecule has 1 saturated heterocycles. The lowest BCUT2D eigenvalue weighted by molar-refractivity contribution is -0.123. The molecule has 6 heteroatoms. The molecule has 0 aromatic carbocycles. The molecule has 0 bridgehead atoms. The molecule has 0 radical (unpaired) electrons. The van der Waals surface area contributed by atoms with E-state index in [1.807, 2.05) is 23.8 Å². The lowest BCUT2D eigenvalue weighted by Gasteiger charge is -2.29. The van der Waals surface area contributed by atoms with Crippen LogP contribution in [0, 0.1) is 0 Å². The largest absolute Gasteiger partial charge is 0.375 e. The average Bonchev–Trinajstić information content (AvgIpc) is 2.71. The van der Waals surface area contributed by atoms with E-state index in [-0.39, 0.29) is 30.5 Å². The maximum absolute atomic E-state index is 11.8. The van der Waals surface area contributed by atoms with Crippen LogP contribution in [0.15, 0.2) is 16.8 Å². The van der Waals surface area contributed by atoms with Gasteiger partial charge in [0.1, 0.15) is 6.04 Å². The molecule has 90 valence electrons. The lowest BCUT2D eigenvalue weighted by atomic mass is 10.1. The summed E-state index contributed by atoms with van der Waals surface area (Å²) in [6.45, 7) is 3.31. The fourth-order valence-electron chi connectivity index (χ4n) is 1.58. The summed E-state index contributed by atoms with van der Waals surface area (Å²) in [5.41, 5.74) is 0.851. The first-order chi connectivity index (χ1) is 7.27. The third kappa shape index (κ3) is 3.18. The molecule has 1 aromatic rings. The number of rotatable bonds is 2. The molecule has 1 amide bonds. The van der Waals surface area contributed by atoms with Crippen molar-refractivity contribution in [2.24, 2.45) is 0 Å². The van der Waals surface area contributed by atoms with Crippen LogP contribution in [0.5, 0.6) is 0 Å². The number of halogens is 1. The molecule has 1 aromatic heterocycles. The first-order valence-electron chi connectivity index (χ1n) is 4.95. The Morgan fingerprint density at radius 2 is 2.50 bits per heavy atom. The normalized spacial score (nSPS) is 24.6. The van der Waals surface area contributed by atoms with E-state index in [0.29, 0.717) is 6.61 Å². The summed E-state index contributed by atoms with van der Waals surface area (Å²) in [5, 5.41) is 9.84. The summed E-state index contributed by atoms with van der Waals surface area (Å²) in [6, 6.07) is 1.63. The number of hydrogen-bond donors (Lipinski definition) is 2. The van der Waals surface area contributed by atoms with E-state index < -0.39 is 0 Å². The molecule has 1 fully saturated rings. The number of morpholine rings is 1. The topological polar surface area (TPSA) is 50.4 Å². The van der Waals surface area contributed by atoms with Crippen molar-refractivity contribution < 1.29 is 9.53 Å². The lowest BCUT2D eigenvalue weighted by Crippen LogP contribution is -2.53. The highest BCUT2D eigenvalue weighted by molar-refractivity contribution is 7.08. The number of thiophene rings is 1. The fraction of sp³-hybridized carbons (Fsp3) is 0.500. The molecule has 1 aliphatic rings. The zero-order valence-corrected chi connectivity index (χ0v) is 10.6. The molecular weight excluding hydrogens is 248 g/mol. The van der Waals surface area contributed by atoms with Gasteiger partial charge in [-0.2, -0.15) is 11.3 Å². The molecule has 1 aliphatic heterocycles. The van der Waals surface area contributed by atoms with Crippen LogP contribution in [0.1, 0.15) is 6.92 Å². The van der Waals surface area contributed by atoms with E-state index in [1.54, 1.807) is 11.3 Å². The van der Waals surface area contributed by atoms with E-state index in [9.17, 15) is 4.79 Å². The van der Waals surface area contributed by atoms with Crippen molar-refractivity contribution in [3.8, 4) is 0 Å². The number of anilines is 1. The number of ether oxygens (including phenoxy) is 1. The summed E-state index contributed by atoms with van der Waals surface area (Å²) >= 11 is 1.56. The SMILES string of the molecule is C[C@H]1OCCN[C@@H]1C(=O)Nc1ccsc1.Cl. The molecule has 0 spiro atoms. The highest BCUT2D eigenvalue weighted by Crippen LogP contribution is 2.13. The Kier molecular flexibility index (Phi) is 5.21. The van der Waals surface area contributed by atoms with Gasteiger partial charge in [-0.05, 0) is 18.4 Å². The molecule has 2 N–H and O–H groups in total. The van der Waals surface area contributed by atoms with Gasteiger partial charge in [-0.3, -0.25) is 4.79 Å². The standard InChI is InChI=1S/C10H14N2O2S.ClH/c1-7-9(11-3-4-14-7)10(13)12-8-2-5-15-6-8;/h2,5-7,9,11H,3-4H2,1H3,(H,12,13);1H/t7-,9+;/m1./s1. The van der Waals surface area contributed by atoms with Crippen molar-refractivity contribution in [2.75, 3.05) is 18.5 Å². The van der Waals surface area contributed by atoms with Crippen LogP contribution in [-0.4, -0.2) is 31.2 Å². The van der Waals surface area contributed by atoms with Crippen LogP contribution in [0.4, 0.5) is 5.69 Å². The molecule has 0 aliphatic carbocycles. The molecule has 16 heavy (non-hydrogen) atoms. The van der Waals surface area contributed by atoms with Crippen molar-refractivity contribution in [1.29, 1.82) is 0 Å². The van der Waals surface area contributed by atoms with E-state index in [0.717, 1.165) is 12.2 Å². The van der Waals surface area contributed by atoms with E-state index in [1.165, 1.54) is 0 Å². The van der Waals surface area contributed by atoms with Gasteiger partial charge >= 0.3 is 0 Å². The number of amides is 1. The molecule has 0 saturated carbocycles. The molecule has 2 heterocycles. The Hall–Kier alpha value is -0.620. The third-order valence-electron chi connectivity index (χ3n) is 2.39. The van der Waals surface area contributed by atoms with Crippen molar-refractivity contribution in [1.82, 2.24) is 5.32 Å². The van der Waals surface area contributed by atoms with Crippen molar-refractivity contribution >= 4 is 35.3 Å². The Balaban J connectivity index is 0.00000128. The van der Waals surface area contributed by atoms with Gasteiger partial charge in [0.2, 0.25) is 5.91 Å².